The van der Waals surface area contributed by atoms with Crippen molar-refractivity contribution in [1.82, 2.24) is 15.5 Å². The summed E-state index contributed by atoms with van der Waals surface area (Å²) in [6.07, 6.45) is -4.84. The smallest absolute Gasteiger partial charge is 0.496 e. The zero-order valence-electron chi connectivity index (χ0n) is 17.0. The molecule has 1 saturated heterocycles. The van der Waals surface area contributed by atoms with E-state index in [0.717, 1.165) is 11.6 Å². The summed E-state index contributed by atoms with van der Waals surface area (Å²) in [5.41, 5.74) is 0.234. The van der Waals surface area contributed by atoms with E-state index in [-0.39, 0.29) is 31.6 Å². The average molecular weight is 437 g/mol. The van der Waals surface area contributed by atoms with Crippen LogP contribution in [0.3, 0.4) is 0 Å². The number of alkyl halides is 3. The molecule has 2 aromatic rings. The van der Waals surface area contributed by atoms with E-state index in [9.17, 15) is 22.8 Å². The Labute approximate surface area is 177 Å². The summed E-state index contributed by atoms with van der Waals surface area (Å²) in [7, 11) is 1.38. The third-order valence-corrected chi connectivity index (χ3v) is 4.98. The fourth-order valence-electron chi connectivity index (χ4n) is 3.54. The maximum Gasteiger partial charge on any atom is 0.573 e. The molecule has 3 rings (SSSR count). The molecule has 1 heterocycles. The van der Waals surface area contributed by atoms with Crippen molar-refractivity contribution < 1.29 is 32.2 Å². The Balaban J connectivity index is 1.91. The van der Waals surface area contributed by atoms with E-state index in [2.05, 4.69) is 15.4 Å². The highest BCUT2D eigenvalue weighted by molar-refractivity contribution is 5.79. The Morgan fingerprint density at radius 1 is 1.19 bits per heavy atom. The number of ether oxygens (including phenoxy) is 2. The maximum atomic E-state index is 12.6. The molecule has 2 N–H and O–H groups in total. The van der Waals surface area contributed by atoms with Crippen LogP contribution in [0.5, 0.6) is 11.5 Å². The molecule has 2 aromatic carbocycles. The number of hydrogen-bond donors (Lipinski definition) is 2. The number of benzene rings is 2. The predicted molar refractivity (Wildman–Crippen MR) is 105 cm³/mol. The summed E-state index contributed by atoms with van der Waals surface area (Å²) < 4.78 is 47.1. The number of urea groups is 1. The number of rotatable bonds is 7. The first-order valence-corrected chi connectivity index (χ1v) is 9.41. The number of halogens is 3. The lowest BCUT2D eigenvalue weighted by atomic mass is 9.90. The fourth-order valence-corrected chi connectivity index (χ4v) is 3.54. The van der Waals surface area contributed by atoms with Gasteiger partial charge in [-0.3, -0.25) is 4.79 Å². The van der Waals surface area contributed by atoms with Crippen LogP contribution in [-0.4, -0.2) is 43.4 Å². The molecule has 0 bridgehead atoms. The van der Waals surface area contributed by atoms with Gasteiger partial charge in [0, 0.05) is 25.6 Å². The van der Waals surface area contributed by atoms with Crippen LogP contribution in [-0.2, 0) is 16.9 Å². The number of methoxy groups -OCH3 is 1. The predicted octanol–water partition coefficient (Wildman–Crippen LogP) is 3.15. The van der Waals surface area contributed by atoms with Gasteiger partial charge in [0.25, 0.3) is 0 Å². The van der Waals surface area contributed by atoms with E-state index in [0.29, 0.717) is 11.3 Å². The highest BCUT2D eigenvalue weighted by atomic mass is 19.4. The van der Waals surface area contributed by atoms with Gasteiger partial charge in [-0.2, -0.15) is 0 Å². The molecule has 0 radical (unpaired) electrons. The summed E-state index contributed by atoms with van der Waals surface area (Å²) in [4.78, 5) is 25.8. The fraction of sp³-hybridized carbons (Fsp3) is 0.333. The van der Waals surface area contributed by atoms with E-state index in [1.165, 1.54) is 31.1 Å². The van der Waals surface area contributed by atoms with Gasteiger partial charge in [-0.1, -0.05) is 30.3 Å². The van der Waals surface area contributed by atoms with Crippen LogP contribution >= 0.6 is 0 Å². The second-order valence-corrected chi connectivity index (χ2v) is 7.15. The molecule has 3 amide bonds. The highest BCUT2D eigenvalue weighted by Gasteiger charge is 2.41. The summed E-state index contributed by atoms with van der Waals surface area (Å²) >= 11 is 0. The Kier molecular flexibility index (Phi) is 6.28. The molecule has 1 unspecified atom stereocenters. The molecule has 0 spiro atoms. The maximum absolute atomic E-state index is 12.6. The van der Waals surface area contributed by atoms with Crippen LogP contribution in [0, 0.1) is 0 Å². The first kappa shape index (κ1) is 22.3. The van der Waals surface area contributed by atoms with Crippen molar-refractivity contribution in [3.8, 4) is 11.5 Å². The van der Waals surface area contributed by atoms with E-state index in [4.69, 9.17) is 4.74 Å². The zero-order valence-corrected chi connectivity index (χ0v) is 17.0. The van der Waals surface area contributed by atoms with Crippen molar-refractivity contribution >= 4 is 11.9 Å². The van der Waals surface area contributed by atoms with Gasteiger partial charge in [-0.15, -0.1) is 13.2 Å². The number of nitrogens with one attached hydrogen (secondary N) is 2. The molecule has 1 fully saturated rings. The minimum Gasteiger partial charge on any atom is -0.496 e. The Morgan fingerprint density at radius 3 is 2.45 bits per heavy atom. The number of nitrogens with zero attached hydrogens (tertiary/aromatic N) is 1. The molecular formula is C21H22F3N3O4. The molecule has 10 heteroatoms. The minimum atomic E-state index is -4.84. The van der Waals surface area contributed by atoms with E-state index < -0.39 is 17.7 Å². The first-order valence-electron chi connectivity index (χ1n) is 9.41. The number of amides is 3. The monoisotopic (exact) mass is 437 g/mol. The molecular weight excluding hydrogens is 415 g/mol. The Bertz CT molecular complexity index is 953. The second kappa shape index (κ2) is 8.75. The number of carbonyl (C=O) groups excluding carboxylic acids is 2. The van der Waals surface area contributed by atoms with Gasteiger partial charge in [0.05, 0.1) is 13.7 Å². The molecule has 1 aliphatic heterocycles. The van der Waals surface area contributed by atoms with Crippen LogP contribution in [0.2, 0.25) is 0 Å². The lowest BCUT2D eigenvalue weighted by Crippen LogP contribution is -2.51. The van der Waals surface area contributed by atoms with E-state index >= 15 is 0 Å². The summed E-state index contributed by atoms with van der Waals surface area (Å²) in [6.45, 7) is 1.65. The molecule has 7 nitrogen and oxygen atoms in total. The van der Waals surface area contributed by atoms with Crippen molar-refractivity contribution in [2.45, 2.75) is 25.4 Å². The standard InChI is InChI=1S/C21H22F3N3O4/c1-14(28)27(11-15-10-17(31-21(22,23)24)8-9-18(15)30-2)13-20(12-25-19(29)26-20)16-6-4-3-5-7-16/h3-10H,11-13H2,1-2H3,(H2,25,26,29). The molecule has 0 saturated carbocycles. The van der Waals surface area contributed by atoms with Gasteiger partial charge in [-0.05, 0) is 23.8 Å². The van der Waals surface area contributed by atoms with Gasteiger partial charge >= 0.3 is 12.4 Å². The van der Waals surface area contributed by atoms with E-state index in [1.807, 2.05) is 30.3 Å². The molecule has 166 valence electrons. The SMILES string of the molecule is COc1ccc(OC(F)(F)F)cc1CN(CC1(c2ccccc2)CNC(=O)N1)C(C)=O. The molecule has 31 heavy (non-hydrogen) atoms. The van der Waals surface area contributed by atoms with Crippen molar-refractivity contribution in [3.63, 3.8) is 0 Å². The van der Waals surface area contributed by atoms with Gasteiger partial charge < -0.3 is 25.0 Å². The van der Waals surface area contributed by atoms with Gasteiger partial charge in [0.1, 0.15) is 17.0 Å². The Morgan fingerprint density at radius 2 is 1.90 bits per heavy atom. The van der Waals surface area contributed by atoms with Crippen LogP contribution in [0.4, 0.5) is 18.0 Å². The molecule has 1 atom stereocenters. The van der Waals surface area contributed by atoms with Crippen molar-refractivity contribution in [3.05, 3.63) is 59.7 Å². The van der Waals surface area contributed by atoms with Crippen molar-refractivity contribution in [2.24, 2.45) is 0 Å². The summed E-state index contributed by atoms with van der Waals surface area (Å²) in [6, 6.07) is 12.4. The van der Waals surface area contributed by atoms with Crippen LogP contribution in [0.1, 0.15) is 18.1 Å². The van der Waals surface area contributed by atoms with E-state index in [1.54, 1.807) is 0 Å². The number of hydrogen-bond acceptors (Lipinski definition) is 4. The third kappa shape index (κ3) is 5.39. The number of carbonyl (C=O) groups is 2. The zero-order chi connectivity index (χ0) is 22.6. The minimum absolute atomic E-state index is 0.0436. The van der Waals surface area contributed by atoms with Crippen LogP contribution in [0.25, 0.3) is 0 Å². The average Bonchev–Trinajstić information content (AvgIpc) is 3.09. The quantitative estimate of drug-likeness (QED) is 0.698. The topological polar surface area (TPSA) is 79.9 Å². The van der Waals surface area contributed by atoms with Crippen LogP contribution in [0.15, 0.2) is 48.5 Å². The Hall–Kier alpha value is -3.43. The van der Waals surface area contributed by atoms with Crippen LogP contribution < -0.4 is 20.1 Å². The lowest BCUT2D eigenvalue weighted by molar-refractivity contribution is -0.274. The van der Waals surface area contributed by atoms with Gasteiger partial charge in [-0.25, -0.2) is 4.79 Å². The lowest BCUT2D eigenvalue weighted by Gasteiger charge is -2.35. The summed E-state index contributed by atoms with van der Waals surface area (Å²) in [5, 5.41) is 5.59. The summed E-state index contributed by atoms with van der Waals surface area (Å²) in [5.74, 6) is -0.427. The van der Waals surface area contributed by atoms with Crippen molar-refractivity contribution in [1.29, 1.82) is 0 Å². The first-order chi connectivity index (χ1) is 14.6. The third-order valence-electron chi connectivity index (χ3n) is 4.98. The van der Waals surface area contributed by atoms with Gasteiger partial charge in [0.2, 0.25) is 5.91 Å². The normalized spacial score (nSPS) is 18.2. The largest absolute Gasteiger partial charge is 0.573 e. The molecule has 1 aliphatic rings. The van der Waals surface area contributed by atoms with Crippen molar-refractivity contribution in [2.75, 3.05) is 20.2 Å². The van der Waals surface area contributed by atoms with Gasteiger partial charge in [0.15, 0.2) is 0 Å². The second-order valence-electron chi connectivity index (χ2n) is 7.15. The highest BCUT2D eigenvalue weighted by Crippen LogP contribution is 2.31. The molecule has 0 aliphatic carbocycles. The molecule has 0 aromatic heterocycles.